The molecule has 0 saturated carbocycles. The zero-order valence-corrected chi connectivity index (χ0v) is 11.6. The number of carboxylic acids is 1. The fraction of sp³-hybridized carbons (Fsp3) is 0.900. The van der Waals surface area contributed by atoms with Gasteiger partial charge in [-0.25, -0.2) is 8.42 Å². The van der Waals surface area contributed by atoms with Crippen molar-refractivity contribution in [3.63, 3.8) is 0 Å². The molecule has 6 heteroatoms. The van der Waals surface area contributed by atoms with E-state index in [0.29, 0.717) is 0 Å². The number of nitrogens with zero attached hydrogens (tertiary/aromatic N) is 1. The second-order valence-electron chi connectivity index (χ2n) is 5.15. The van der Waals surface area contributed by atoms with E-state index < -0.39 is 26.3 Å². The van der Waals surface area contributed by atoms with Crippen molar-refractivity contribution in [3.8, 4) is 0 Å². The van der Waals surface area contributed by atoms with Gasteiger partial charge in [-0.15, -0.1) is 0 Å². The fourth-order valence-electron chi connectivity index (χ4n) is 1.30. The van der Waals surface area contributed by atoms with E-state index in [0.717, 1.165) is 4.31 Å². The Hall–Kier alpha value is -0.620. The zero-order valence-electron chi connectivity index (χ0n) is 10.7. The van der Waals surface area contributed by atoms with Crippen molar-refractivity contribution in [3.05, 3.63) is 0 Å². The van der Waals surface area contributed by atoms with Gasteiger partial charge in [0.05, 0.1) is 4.75 Å². The molecule has 0 atom stereocenters. The van der Waals surface area contributed by atoms with E-state index >= 15 is 0 Å². The largest absolute Gasteiger partial charge is 0.480 e. The number of hydrogen-bond acceptors (Lipinski definition) is 3. The molecular formula is C10H21NO4S. The first kappa shape index (κ1) is 15.4. The minimum Gasteiger partial charge on any atom is -0.480 e. The average Bonchev–Trinajstić information content (AvgIpc) is 2.01. The highest BCUT2D eigenvalue weighted by atomic mass is 32.2. The molecule has 0 amide bonds. The van der Waals surface area contributed by atoms with E-state index in [9.17, 15) is 13.2 Å². The van der Waals surface area contributed by atoms with Crippen molar-refractivity contribution < 1.29 is 18.3 Å². The quantitative estimate of drug-likeness (QED) is 0.817. The van der Waals surface area contributed by atoms with E-state index in [1.807, 2.05) is 0 Å². The van der Waals surface area contributed by atoms with E-state index in [1.165, 1.54) is 13.8 Å². The summed E-state index contributed by atoms with van der Waals surface area (Å²) in [5, 5.41) is 9.07. The summed E-state index contributed by atoms with van der Waals surface area (Å²) >= 11 is 0. The maximum atomic E-state index is 12.2. The summed E-state index contributed by atoms with van der Waals surface area (Å²) in [6, 6.07) is 0. The topological polar surface area (TPSA) is 74.7 Å². The number of hydrogen-bond donors (Lipinski definition) is 1. The van der Waals surface area contributed by atoms with Crippen LogP contribution in [-0.4, -0.2) is 40.6 Å². The third kappa shape index (κ3) is 2.55. The van der Waals surface area contributed by atoms with E-state index in [2.05, 4.69) is 0 Å². The Bertz CT molecular complexity index is 365. The van der Waals surface area contributed by atoms with Crippen molar-refractivity contribution in [2.24, 2.45) is 0 Å². The van der Waals surface area contributed by atoms with Gasteiger partial charge in [0.25, 0.3) is 0 Å². The molecule has 0 aliphatic rings. The maximum Gasteiger partial charge on any atom is 0.324 e. The Labute approximate surface area is 97.5 Å². The van der Waals surface area contributed by atoms with Crippen molar-refractivity contribution in [2.75, 3.05) is 6.54 Å². The first-order valence-corrected chi connectivity index (χ1v) is 6.58. The standard InChI is InChI=1S/C10H21NO4S/c1-7-11(10(5,6)8(12)13)16(14,15)9(2,3)4/h7H2,1-6H3,(H,12,13). The van der Waals surface area contributed by atoms with Crippen LogP contribution < -0.4 is 0 Å². The molecule has 0 spiro atoms. The summed E-state index contributed by atoms with van der Waals surface area (Å²) < 4.78 is 24.4. The van der Waals surface area contributed by atoms with Crippen LogP contribution in [0.1, 0.15) is 41.5 Å². The van der Waals surface area contributed by atoms with Crippen LogP contribution in [0.15, 0.2) is 0 Å². The van der Waals surface area contributed by atoms with Crippen molar-refractivity contribution in [2.45, 2.75) is 51.8 Å². The molecule has 96 valence electrons. The van der Waals surface area contributed by atoms with Crippen LogP contribution in [0.3, 0.4) is 0 Å². The van der Waals surface area contributed by atoms with E-state index in [-0.39, 0.29) is 6.54 Å². The first-order valence-electron chi connectivity index (χ1n) is 5.14. The SMILES string of the molecule is CCN(C(C)(C)C(=O)O)S(=O)(=O)C(C)(C)C. The van der Waals surface area contributed by atoms with Crippen molar-refractivity contribution in [1.29, 1.82) is 0 Å². The zero-order chi connectivity index (χ0) is 13.4. The molecule has 5 nitrogen and oxygen atoms in total. The molecule has 0 heterocycles. The highest BCUT2D eigenvalue weighted by molar-refractivity contribution is 7.90. The van der Waals surface area contributed by atoms with Gasteiger partial charge < -0.3 is 5.11 Å². The van der Waals surface area contributed by atoms with Gasteiger partial charge >= 0.3 is 5.97 Å². The second kappa shape index (κ2) is 4.33. The second-order valence-corrected chi connectivity index (χ2v) is 7.76. The lowest BCUT2D eigenvalue weighted by Gasteiger charge is -2.37. The summed E-state index contributed by atoms with van der Waals surface area (Å²) in [7, 11) is -3.64. The Morgan fingerprint density at radius 3 is 1.75 bits per heavy atom. The van der Waals surface area contributed by atoms with Gasteiger partial charge in [0.2, 0.25) is 10.0 Å². The summed E-state index contributed by atoms with van der Waals surface area (Å²) in [5.41, 5.74) is -1.43. The molecular weight excluding hydrogens is 230 g/mol. The summed E-state index contributed by atoms with van der Waals surface area (Å²) in [4.78, 5) is 11.1. The lowest BCUT2D eigenvalue weighted by molar-refractivity contribution is -0.146. The third-order valence-electron chi connectivity index (χ3n) is 2.50. The average molecular weight is 251 g/mol. The Balaban J connectivity index is 5.59. The van der Waals surface area contributed by atoms with E-state index in [1.54, 1.807) is 27.7 Å². The predicted octanol–water partition coefficient (Wildman–Crippen LogP) is 1.30. The van der Waals surface area contributed by atoms with Gasteiger partial charge in [-0.3, -0.25) is 4.79 Å². The van der Waals surface area contributed by atoms with Crippen molar-refractivity contribution in [1.82, 2.24) is 4.31 Å². The smallest absolute Gasteiger partial charge is 0.324 e. The Morgan fingerprint density at radius 2 is 1.56 bits per heavy atom. The van der Waals surface area contributed by atoms with Crippen LogP contribution in [0.2, 0.25) is 0 Å². The molecule has 0 aromatic carbocycles. The van der Waals surface area contributed by atoms with Gasteiger partial charge in [0.1, 0.15) is 5.54 Å². The van der Waals surface area contributed by atoms with Gasteiger partial charge in [-0.2, -0.15) is 4.31 Å². The summed E-state index contributed by atoms with van der Waals surface area (Å²) in [6.07, 6.45) is 0. The first-order chi connectivity index (χ1) is 6.89. The number of sulfonamides is 1. The van der Waals surface area contributed by atoms with Crippen LogP contribution in [0, 0.1) is 0 Å². The number of carboxylic acid groups (broad SMARTS) is 1. The molecule has 0 aliphatic heterocycles. The number of likely N-dealkylation sites (N-methyl/N-ethyl adjacent to an activating group) is 1. The van der Waals surface area contributed by atoms with Gasteiger partial charge in [0.15, 0.2) is 0 Å². The molecule has 0 unspecified atom stereocenters. The maximum absolute atomic E-state index is 12.2. The van der Waals surface area contributed by atoms with Crippen LogP contribution in [0.25, 0.3) is 0 Å². The predicted molar refractivity (Wildman–Crippen MR) is 62.8 cm³/mol. The van der Waals surface area contributed by atoms with Gasteiger partial charge in [-0.05, 0) is 34.6 Å². The normalized spacial score (nSPS) is 14.2. The highest BCUT2D eigenvalue weighted by Gasteiger charge is 2.45. The summed E-state index contributed by atoms with van der Waals surface area (Å²) in [5.74, 6) is -1.15. The Kier molecular flexibility index (Phi) is 4.16. The number of aliphatic carboxylic acids is 1. The molecule has 0 rings (SSSR count). The van der Waals surface area contributed by atoms with Crippen LogP contribution in [0.5, 0.6) is 0 Å². The molecule has 0 aromatic rings. The molecule has 1 N–H and O–H groups in total. The fourth-order valence-corrected chi connectivity index (χ4v) is 2.98. The van der Waals surface area contributed by atoms with E-state index in [4.69, 9.17) is 5.11 Å². The lowest BCUT2D eigenvalue weighted by Crippen LogP contribution is -2.56. The third-order valence-corrected chi connectivity index (χ3v) is 5.34. The molecule has 0 aromatic heterocycles. The molecule has 0 aliphatic carbocycles. The molecule has 16 heavy (non-hydrogen) atoms. The van der Waals surface area contributed by atoms with Gasteiger partial charge in [-0.1, -0.05) is 6.92 Å². The minimum atomic E-state index is -3.64. The molecule has 0 radical (unpaired) electrons. The van der Waals surface area contributed by atoms with Crippen LogP contribution in [-0.2, 0) is 14.8 Å². The van der Waals surface area contributed by atoms with Crippen LogP contribution in [0.4, 0.5) is 0 Å². The highest BCUT2D eigenvalue weighted by Crippen LogP contribution is 2.27. The molecule has 0 bridgehead atoms. The van der Waals surface area contributed by atoms with Crippen LogP contribution >= 0.6 is 0 Å². The molecule has 0 saturated heterocycles. The lowest BCUT2D eigenvalue weighted by atomic mass is 10.1. The summed E-state index contributed by atoms with van der Waals surface area (Å²) in [6.45, 7) is 9.23. The van der Waals surface area contributed by atoms with Gasteiger partial charge in [0, 0.05) is 6.54 Å². The number of rotatable bonds is 4. The monoisotopic (exact) mass is 251 g/mol. The number of carbonyl (C=O) groups is 1. The van der Waals surface area contributed by atoms with Crippen molar-refractivity contribution >= 4 is 16.0 Å². The Morgan fingerprint density at radius 1 is 1.19 bits per heavy atom. The minimum absolute atomic E-state index is 0.138. The molecule has 0 fully saturated rings.